The van der Waals surface area contributed by atoms with Crippen LogP contribution in [-0.4, -0.2) is 21.0 Å². The summed E-state index contributed by atoms with van der Waals surface area (Å²) in [5.41, 5.74) is 6.51. The van der Waals surface area contributed by atoms with Crippen LogP contribution in [0.2, 0.25) is 0 Å². The van der Waals surface area contributed by atoms with Crippen LogP contribution < -0.4 is 24.8 Å². The molecule has 0 fully saturated rings. The van der Waals surface area contributed by atoms with Crippen LogP contribution in [0.25, 0.3) is 0 Å². The van der Waals surface area contributed by atoms with E-state index in [2.05, 4.69) is 180 Å². The second kappa shape index (κ2) is 22.2. The first-order valence-corrected chi connectivity index (χ1v) is 20.1. The van der Waals surface area contributed by atoms with Gasteiger partial charge >= 0.3 is 43.4 Å². The summed E-state index contributed by atoms with van der Waals surface area (Å²) in [7, 11) is 0. The summed E-state index contributed by atoms with van der Waals surface area (Å²) in [6.07, 6.45) is 39.7. The zero-order valence-electron chi connectivity index (χ0n) is 33.4. The average molecular weight is 826 g/mol. The summed E-state index contributed by atoms with van der Waals surface area (Å²) in [5.74, 6) is 2.47. The fraction of sp³-hybridized carbons (Fsp3) is 0.636. The van der Waals surface area contributed by atoms with Crippen molar-refractivity contribution >= 4 is 23.5 Å². The molecular formula is C44H66Cl2S2Ti2. The van der Waals surface area contributed by atoms with Gasteiger partial charge in [0.05, 0.1) is 0 Å². The Morgan fingerprint density at radius 1 is 0.580 bits per heavy atom. The summed E-state index contributed by atoms with van der Waals surface area (Å²) in [4.78, 5) is 0. The Kier molecular flexibility index (Phi) is 23.5. The predicted octanol–water partition coefficient (Wildman–Crippen LogP) is 7.82. The first-order valence-electron chi connectivity index (χ1n) is 18.1. The number of thioether (sulfide) groups is 2. The fourth-order valence-corrected chi connectivity index (χ4v) is 11.7. The molecule has 0 aliphatic heterocycles. The smallest absolute Gasteiger partial charge is 1.00 e. The van der Waals surface area contributed by atoms with E-state index in [1.54, 1.807) is 11.1 Å². The molecule has 0 aromatic carbocycles. The Labute approximate surface area is 360 Å². The number of hydrogen-bond acceptors (Lipinski definition) is 2. The van der Waals surface area contributed by atoms with E-state index in [-0.39, 0.29) is 99.4 Å². The van der Waals surface area contributed by atoms with Gasteiger partial charge in [-0.05, 0) is 70.0 Å². The number of rotatable bonds is 12. The van der Waals surface area contributed by atoms with Crippen LogP contribution in [0.1, 0.15) is 134 Å². The molecule has 6 heteroatoms. The van der Waals surface area contributed by atoms with Gasteiger partial charge in [-0.15, -0.1) is 36.4 Å². The molecule has 0 N–H and O–H groups in total. The van der Waals surface area contributed by atoms with Crippen molar-refractivity contribution in [3.63, 3.8) is 0 Å². The fourth-order valence-electron chi connectivity index (χ4n) is 7.70. The van der Waals surface area contributed by atoms with E-state index in [4.69, 9.17) is 0 Å². The molecule has 0 spiro atoms. The van der Waals surface area contributed by atoms with E-state index in [9.17, 15) is 0 Å². The molecular weight excluding hydrogens is 759 g/mol. The van der Waals surface area contributed by atoms with Crippen molar-refractivity contribution in [1.29, 1.82) is 0 Å². The molecule has 4 rings (SSSR count). The van der Waals surface area contributed by atoms with Gasteiger partial charge in [-0.1, -0.05) is 132 Å². The third-order valence-electron chi connectivity index (χ3n) is 10.5. The molecule has 0 amide bonds. The van der Waals surface area contributed by atoms with E-state index < -0.39 is 0 Å². The molecule has 0 saturated carbocycles. The minimum Gasteiger partial charge on any atom is -1.00 e. The van der Waals surface area contributed by atoms with Gasteiger partial charge < -0.3 is 24.8 Å². The van der Waals surface area contributed by atoms with Crippen molar-refractivity contribution in [1.82, 2.24) is 0 Å². The number of hydrogen-bond donors (Lipinski definition) is 0. The van der Waals surface area contributed by atoms with Gasteiger partial charge in [-0.2, -0.15) is 12.2 Å². The second-order valence-corrected chi connectivity index (χ2v) is 19.4. The zero-order valence-corrected chi connectivity index (χ0v) is 39.7. The molecule has 0 nitrogen and oxygen atoms in total. The summed E-state index contributed by atoms with van der Waals surface area (Å²) in [6, 6.07) is 0. The molecule has 0 radical (unpaired) electrons. The number of unbranched alkanes of at least 4 members (excludes halogenated alkanes) is 2. The maximum Gasteiger partial charge on any atom is 2.00 e. The molecule has 0 aromatic rings. The van der Waals surface area contributed by atoms with Gasteiger partial charge in [0.1, 0.15) is 0 Å². The normalized spacial score (nSPS) is 22.8. The first kappa shape index (κ1) is 52.7. The quantitative estimate of drug-likeness (QED) is 0.112. The molecule has 2 unspecified atom stereocenters. The van der Waals surface area contributed by atoms with Crippen molar-refractivity contribution in [2.24, 2.45) is 21.7 Å². The van der Waals surface area contributed by atoms with Crippen LogP contribution in [0, 0.1) is 33.8 Å². The van der Waals surface area contributed by atoms with Gasteiger partial charge in [-0.25, -0.2) is 23.3 Å². The SMILES string of the molecule is CCCCSC1(C(C)(C)C2=[C-]CC=C2)CC=CC=C1C(C)(C)C.CCCCSC1(C(C)(C)C2=[C-]CC=C2)CC=CC=C1C(C)(C)C.[Cl-].[Cl-].[Ti+2].[Ti+2]. The Hall–Kier alpha value is 0.629. The van der Waals surface area contributed by atoms with Crippen LogP contribution in [0.4, 0.5) is 0 Å². The number of allylic oxidation sites excluding steroid dienone is 14. The van der Waals surface area contributed by atoms with Crippen LogP contribution in [-0.2, 0) is 43.4 Å². The molecule has 50 heavy (non-hydrogen) atoms. The molecule has 276 valence electrons. The van der Waals surface area contributed by atoms with Crippen molar-refractivity contribution < 1.29 is 68.2 Å². The second-order valence-electron chi connectivity index (χ2n) is 16.6. The van der Waals surface area contributed by atoms with Gasteiger partial charge in [0.15, 0.2) is 0 Å². The van der Waals surface area contributed by atoms with Gasteiger partial charge in [0, 0.05) is 9.49 Å². The van der Waals surface area contributed by atoms with Crippen LogP contribution in [0.3, 0.4) is 0 Å². The maximum atomic E-state index is 3.62. The third-order valence-corrected chi connectivity index (χ3v) is 14.3. The Morgan fingerprint density at radius 2 is 0.920 bits per heavy atom. The van der Waals surface area contributed by atoms with Gasteiger partial charge in [-0.3, -0.25) is 12.2 Å². The van der Waals surface area contributed by atoms with E-state index in [1.807, 2.05) is 0 Å². The van der Waals surface area contributed by atoms with Crippen LogP contribution >= 0.6 is 23.5 Å². The summed E-state index contributed by atoms with van der Waals surface area (Å²) >= 11 is 4.37. The Balaban J connectivity index is 0. The van der Waals surface area contributed by atoms with Crippen molar-refractivity contribution in [2.45, 2.75) is 144 Å². The molecule has 0 aromatic heterocycles. The van der Waals surface area contributed by atoms with Gasteiger partial charge in [0.2, 0.25) is 0 Å². The monoisotopic (exact) mass is 824 g/mol. The maximum absolute atomic E-state index is 3.62. The summed E-state index contributed by atoms with van der Waals surface area (Å²) < 4.78 is 0.262. The summed E-state index contributed by atoms with van der Waals surface area (Å²) in [6.45, 7) is 28.5. The minimum absolute atomic E-state index is 0. The summed E-state index contributed by atoms with van der Waals surface area (Å²) in [5, 5.41) is 0. The van der Waals surface area contributed by atoms with Crippen molar-refractivity contribution in [3.8, 4) is 0 Å². The third kappa shape index (κ3) is 11.8. The molecule has 0 saturated heterocycles. The average Bonchev–Trinajstić information content (AvgIpc) is 3.73. The molecule has 0 heterocycles. The molecule has 4 aliphatic rings. The van der Waals surface area contributed by atoms with Gasteiger partial charge in [0.25, 0.3) is 0 Å². The minimum atomic E-state index is 0. The van der Waals surface area contributed by atoms with E-state index >= 15 is 0 Å². The predicted molar refractivity (Wildman–Crippen MR) is 211 cm³/mol. The van der Waals surface area contributed by atoms with Crippen LogP contribution in [0.5, 0.6) is 0 Å². The topological polar surface area (TPSA) is 0 Å². The molecule has 0 bridgehead atoms. The van der Waals surface area contributed by atoms with Crippen LogP contribution in [0.15, 0.2) is 83.1 Å². The van der Waals surface area contributed by atoms with Crippen molar-refractivity contribution in [3.05, 3.63) is 95.2 Å². The van der Waals surface area contributed by atoms with E-state index in [1.165, 1.54) is 48.3 Å². The molecule has 4 aliphatic carbocycles. The van der Waals surface area contributed by atoms with E-state index in [0.29, 0.717) is 0 Å². The standard InChI is InChI=1S/2C22H33S.2ClH.2Ti/c2*1-7-8-17-23-22(21(5,6)18-13-9-10-14-18)16-12-11-15-19(22)20(2,3)4;;;;/h2*9,11-13,15H,7-8,10,16-17H2,1-6H3;2*1H;;/q2*-1;;;2*+2/p-2. The first-order chi connectivity index (χ1) is 21.5. The largest absolute Gasteiger partial charge is 2.00 e. The van der Waals surface area contributed by atoms with E-state index in [0.717, 1.165) is 25.7 Å². The Morgan fingerprint density at radius 3 is 1.18 bits per heavy atom. The van der Waals surface area contributed by atoms with Crippen molar-refractivity contribution in [2.75, 3.05) is 11.5 Å². The zero-order chi connectivity index (χ0) is 34.3. The molecule has 2 atom stereocenters. The number of halogens is 2. The Bertz CT molecular complexity index is 1200.